The molecule has 166 valence electrons. The molecule has 0 amide bonds. The van der Waals surface area contributed by atoms with Crippen molar-refractivity contribution in [2.75, 3.05) is 4.72 Å². The Labute approximate surface area is 180 Å². The summed E-state index contributed by atoms with van der Waals surface area (Å²) in [7, 11) is -3.92. The van der Waals surface area contributed by atoms with Crippen molar-refractivity contribution in [1.29, 1.82) is 0 Å². The fourth-order valence-corrected chi connectivity index (χ4v) is 4.50. The van der Waals surface area contributed by atoms with Crippen LogP contribution in [0.1, 0.15) is 76.7 Å². The van der Waals surface area contributed by atoms with Gasteiger partial charge in [-0.3, -0.25) is 4.72 Å². The molecule has 0 atom stereocenters. The number of benzene rings is 2. The minimum absolute atomic E-state index is 0.0537. The van der Waals surface area contributed by atoms with Crippen LogP contribution in [0.5, 0.6) is 0 Å². The summed E-state index contributed by atoms with van der Waals surface area (Å²) in [5.74, 6) is -1.71. The number of anilines is 1. The second-order valence-electron chi connectivity index (χ2n) is 7.81. The highest BCUT2D eigenvalue weighted by atomic mass is 32.2. The van der Waals surface area contributed by atoms with Gasteiger partial charge in [-0.1, -0.05) is 76.8 Å². The molecule has 0 radical (unpaired) electrons. The highest BCUT2D eigenvalue weighted by Gasteiger charge is 2.16. The maximum atomic E-state index is 13.7. The van der Waals surface area contributed by atoms with Gasteiger partial charge in [-0.25, -0.2) is 17.2 Å². The van der Waals surface area contributed by atoms with E-state index in [1.165, 1.54) is 69.9 Å². The van der Waals surface area contributed by atoms with Crippen molar-refractivity contribution < 1.29 is 17.2 Å². The normalized spacial score (nSPS) is 11.6. The first-order valence-corrected chi connectivity index (χ1v) is 12.5. The van der Waals surface area contributed by atoms with Crippen LogP contribution >= 0.6 is 0 Å². The topological polar surface area (TPSA) is 46.2 Å². The van der Waals surface area contributed by atoms with E-state index in [0.717, 1.165) is 30.5 Å². The molecule has 0 fully saturated rings. The van der Waals surface area contributed by atoms with Gasteiger partial charge in [0.2, 0.25) is 0 Å². The van der Waals surface area contributed by atoms with Crippen molar-refractivity contribution in [2.45, 2.75) is 82.4 Å². The van der Waals surface area contributed by atoms with Gasteiger partial charge in [0.25, 0.3) is 10.0 Å². The molecule has 0 aliphatic carbocycles. The van der Waals surface area contributed by atoms with Crippen molar-refractivity contribution in [2.24, 2.45) is 0 Å². The summed E-state index contributed by atoms with van der Waals surface area (Å²) in [6.45, 7) is 2.23. The molecular weight excluding hydrogens is 404 g/mol. The summed E-state index contributed by atoms with van der Waals surface area (Å²) in [5.41, 5.74) is 0.812. The van der Waals surface area contributed by atoms with Gasteiger partial charge in [0, 0.05) is 6.07 Å². The van der Waals surface area contributed by atoms with Crippen LogP contribution < -0.4 is 4.72 Å². The zero-order chi connectivity index (χ0) is 21.8. The molecule has 2 rings (SSSR count). The summed E-state index contributed by atoms with van der Waals surface area (Å²) in [6.07, 6.45) is 13.7. The quantitative estimate of drug-likeness (QED) is 0.317. The van der Waals surface area contributed by atoms with Gasteiger partial charge in [0.05, 0.1) is 10.6 Å². The van der Waals surface area contributed by atoms with Crippen molar-refractivity contribution >= 4 is 15.7 Å². The van der Waals surface area contributed by atoms with Crippen LogP contribution in [0.25, 0.3) is 0 Å². The Balaban J connectivity index is 1.72. The van der Waals surface area contributed by atoms with E-state index in [2.05, 4.69) is 11.6 Å². The molecule has 0 bridgehead atoms. The third-order valence-corrected chi connectivity index (χ3v) is 6.61. The second kappa shape index (κ2) is 12.7. The first-order valence-electron chi connectivity index (χ1n) is 11.0. The van der Waals surface area contributed by atoms with Gasteiger partial charge < -0.3 is 0 Å². The Hall–Kier alpha value is -1.95. The molecule has 2 aromatic rings. The Morgan fingerprint density at radius 3 is 1.90 bits per heavy atom. The van der Waals surface area contributed by atoms with E-state index in [1.807, 2.05) is 0 Å². The number of sulfonamides is 1. The van der Waals surface area contributed by atoms with Crippen molar-refractivity contribution in [3.63, 3.8) is 0 Å². The Morgan fingerprint density at radius 2 is 1.33 bits per heavy atom. The van der Waals surface area contributed by atoms with E-state index in [-0.39, 0.29) is 10.6 Å². The number of aryl methyl sites for hydroxylation is 1. The van der Waals surface area contributed by atoms with Crippen LogP contribution in [-0.4, -0.2) is 8.42 Å². The lowest BCUT2D eigenvalue weighted by Gasteiger charge is -2.10. The van der Waals surface area contributed by atoms with E-state index < -0.39 is 21.7 Å². The lowest BCUT2D eigenvalue weighted by Crippen LogP contribution is -2.14. The lowest BCUT2D eigenvalue weighted by atomic mass is 10.0. The Bertz CT molecular complexity index is 867. The maximum Gasteiger partial charge on any atom is 0.261 e. The van der Waals surface area contributed by atoms with E-state index in [1.54, 1.807) is 12.1 Å². The van der Waals surface area contributed by atoms with Gasteiger partial charge in [-0.15, -0.1) is 0 Å². The van der Waals surface area contributed by atoms with E-state index in [4.69, 9.17) is 0 Å². The second-order valence-corrected chi connectivity index (χ2v) is 9.49. The van der Waals surface area contributed by atoms with Crippen LogP contribution in [0.3, 0.4) is 0 Å². The largest absolute Gasteiger partial charge is 0.277 e. The van der Waals surface area contributed by atoms with Crippen LogP contribution in [0.4, 0.5) is 14.5 Å². The first-order chi connectivity index (χ1) is 14.4. The average Bonchev–Trinajstić information content (AvgIpc) is 2.72. The molecule has 30 heavy (non-hydrogen) atoms. The molecule has 0 aromatic heterocycles. The highest BCUT2D eigenvalue weighted by molar-refractivity contribution is 7.92. The Kier molecular flexibility index (Phi) is 10.3. The minimum atomic E-state index is -3.92. The van der Waals surface area contributed by atoms with Gasteiger partial charge in [0.15, 0.2) is 0 Å². The zero-order valence-electron chi connectivity index (χ0n) is 17.8. The maximum absolute atomic E-state index is 13.7. The van der Waals surface area contributed by atoms with Crippen LogP contribution in [0.15, 0.2) is 47.4 Å². The fourth-order valence-electron chi connectivity index (χ4n) is 3.43. The van der Waals surface area contributed by atoms with Gasteiger partial charge >= 0.3 is 0 Å². The third-order valence-electron chi connectivity index (χ3n) is 5.23. The number of halogens is 2. The molecule has 0 heterocycles. The number of nitrogens with one attached hydrogen (secondary N) is 1. The molecule has 0 aliphatic rings. The smallest absolute Gasteiger partial charge is 0.261 e. The molecular formula is C24H33F2NO2S. The predicted molar refractivity (Wildman–Crippen MR) is 119 cm³/mol. The van der Waals surface area contributed by atoms with Gasteiger partial charge in [0.1, 0.15) is 11.6 Å². The number of unbranched alkanes of at least 4 members (excludes halogenated alkanes) is 9. The summed E-state index contributed by atoms with van der Waals surface area (Å²) in [5, 5.41) is 0. The zero-order valence-corrected chi connectivity index (χ0v) is 18.6. The fraction of sp³-hybridized carbons (Fsp3) is 0.500. The van der Waals surface area contributed by atoms with Gasteiger partial charge in [-0.05, 0) is 42.7 Å². The van der Waals surface area contributed by atoms with Crippen molar-refractivity contribution in [3.05, 3.63) is 59.7 Å². The summed E-state index contributed by atoms with van der Waals surface area (Å²) >= 11 is 0. The standard InChI is InChI=1S/C24H33F2NO2S/c1-2-3-4-5-6-7-8-9-10-11-12-20-13-16-22(17-14-20)30(28,29)27-24-18-15-21(25)19-23(24)26/h13-19,27H,2-12H2,1H3. The van der Waals surface area contributed by atoms with Crippen molar-refractivity contribution in [1.82, 2.24) is 0 Å². The monoisotopic (exact) mass is 437 g/mol. The molecule has 1 N–H and O–H groups in total. The van der Waals surface area contributed by atoms with Crippen molar-refractivity contribution in [3.8, 4) is 0 Å². The number of hydrogen-bond acceptors (Lipinski definition) is 2. The predicted octanol–water partition coefficient (Wildman–Crippen LogP) is 7.23. The summed E-state index contributed by atoms with van der Waals surface area (Å²) in [6, 6.07) is 9.36. The minimum Gasteiger partial charge on any atom is -0.277 e. The van der Waals surface area contributed by atoms with E-state index >= 15 is 0 Å². The van der Waals surface area contributed by atoms with E-state index in [9.17, 15) is 17.2 Å². The molecule has 0 aliphatic heterocycles. The van der Waals surface area contributed by atoms with Gasteiger partial charge in [-0.2, -0.15) is 0 Å². The van der Waals surface area contributed by atoms with E-state index in [0.29, 0.717) is 6.07 Å². The molecule has 0 unspecified atom stereocenters. The van der Waals surface area contributed by atoms with Crippen LogP contribution in [0, 0.1) is 11.6 Å². The summed E-state index contributed by atoms with van der Waals surface area (Å²) < 4.78 is 53.7. The average molecular weight is 438 g/mol. The van der Waals surface area contributed by atoms with Crippen LogP contribution in [0.2, 0.25) is 0 Å². The van der Waals surface area contributed by atoms with Crippen LogP contribution in [-0.2, 0) is 16.4 Å². The highest BCUT2D eigenvalue weighted by Crippen LogP contribution is 2.21. The lowest BCUT2D eigenvalue weighted by molar-refractivity contribution is 0.556. The third kappa shape index (κ3) is 8.42. The molecule has 2 aromatic carbocycles. The number of rotatable bonds is 14. The molecule has 0 saturated heterocycles. The SMILES string of the molecule is CCCCCCCCCCCCc1ccc(S(=O)(=O)Nc2ccc(F)cc2F)cc1. The Morgan fingerprint density at radius 1 is 0.767 bits per heavy atom. The first kappa shape index (κ1) is 24.3. The number of hydrogen-bond donors (Lipinski definition) is 1. The molecule has 0 saturated carbocycles. The molecule has 3 nitrogen and oxygen atoms in total. The molecule has 0 spiro atoms. The summed E-state index contributed by atoms with van der Waals surface area (Å²) in [4.78, 5) is 0.0537. The molecule has 6 heteroatoms.